The number of nitrogens with one attached hydrogen (secondary N) is 2. The number of rotatable bonds is 3. The van der Waals surface area contributed by atoms with Crippen molar-refractivity contribution in [2.24, 2.45) is 5.92 Å². The Balaban J connectivity index is 1.90. The monoisotopic (exact) mass is 250 g/mol. The van der Waals surface area contributed by atoms with Crippen molar-refractivity contribution in [1.82, 2.24) is 10.6 Å². The van der Waals surface area contributed by atoms with E-state index in [4.69, 9.17) is 0 Å². The van der Waals surface area contributed by atoms with Gasteiger partial charge in [0.1, 0.15) is 5.82 Å². The van der Waals surface area contributed by atoms with E-state index >= 15 is 0 Å². The summed E-state index contributed by atoms with van der Waals surface area (Å²) in [4.78, 5) is 11.9. The average molecular weight is 250 g/mol. The van der Waals surface area contributed by atoms with Gasteiger partial charge in [-0.05, 0) is 30.5 Å². The van der Waals surface area contributed by atoms with E-state index in [2.05, 4.69) is 17.6 Å². The topological polar surface area (TPSA) is 41.1 Å². The Morgan fingerprint density at radius 2 is 2.28 bits per heavy atom. The summed E-state index contributed by atoms with van der Waals surface area (Å²) in [6.45, 7) is 3.93. The Kier molecular flexibility index (Phi) is 4.31. The summed E-state index contributed by atoms with van der Waals surface area (Å²) in [5, 5.41) is 6.23. The van der Waals surface area contributed by atoms with Crippen LogP contribution in [0.25, 0.3) is 0 Å². The fourth-order valence-electron chi connectivity index (χ4n) is 2.26. The van der Waals surface area contributed by atoms with Gasteiger partial charge < -0.3 is 10.6 Å². The molecule has 3 nitrogen and oxygen atoms in total. The highest BCUT2D eigenvalue weighted by atomic mass is 19.1. The minimum Gasteiger partial charge on any atom is -0.352 e. The molecule has 1 aliphatic rings. The third kappa shape index (κ3) is 3.29. The molecular weight excluding hydrogens is 231 g/mol. The zero-order valence-electron chi connectivity index (χ0n) is 10.6. The van der Waals surface area contributed by atoms with Crippen molar-refractivity contribution in [2.75, 3.05) is 13.1 Å². The van der Waals surface area contributed by atoms with E-state index < -0.39 is 0 Å². The summed E-state index contributed by atoms with van der Waals surface area (Å²) >= 11 is 0. The summed E-state index contributed by atoms with van der Waals surface area (Å²) in [5.74, 6) is 0.0407. The molecule has 0 aromatic heterocycles. The molecule has 1 aromatic rings. The van der Waals surface area contributed by atoms with Gasteiger partial charge in [-0.15, -0.1) is 0 Å². The van der Waals surface area contributed by atoms with Gasteiger partial charge in [-0.25, -0.2) is 4.39 Å². The summed E-state index contributed by atoms with van der Waals surface area (Å²) in [5.41, 5.74) is 0.450. The molecule has 1 fully saturated rings. The first-order chi connectivity index (χ1) is 8.66. The summed E-state index contributed by atoms with van der Waals surface area (Å²) < 4.78 is 13.4. The molecule has 0 spiro atoms. The first-order valence-corrected chi connectivity index (χ1v) is 6.40. The molecule has 1 heterocycles. The number of hydrogen-bond acceptors (Lipinski definition) is 2. The van der Waals surface area contributed by atoms with Gasteiger partial charge in [0.15, 0.2) is 0 Å². The van der Waals surface area contributed by atoms with Crippen LogP contribution in [0.15, 0.2) is 24.3 Å². The molecule has 1 amide bonds. The van der Waals surface area contributed by atoms with Crippen LogP contribution in [-0.2, 0) is 11.2 Å². The molecule has 0 radical (unpaired) electrons. The van der Waals surface area contributed by atoms with Gasteiger partial charge in [0.2, 0.25) is 5.91 Å². The van der Waals surface area contributed by atoms with E-state index in [0.29, 0.717) is 11.5 Å². The van der Waals surface area contributed by atoms with Crippen molar-refractivity contribution in [3.05, 3.63) is 35.6 Å². The molecule has 1 aromatic carbocycles. The highest BCUT2D eigenvalue weighted by Gasteiger charge is 2.22. The van der Waals surface area contributed by atoms with E-state index in [1.54, 1.807) is 18.2 Å². The summed E-state index contributed by atoms with van der Waals surface area (Å²) in [6, 6.07) is 6.56. The van der Waals surface area contributed by atoms with Gasteiger partial charge >= 0.3 is 0 Å². The number of hydrogen-bond donors (Lipinski definition) is 2. The van der Waals surface area contributed by atoms with Crippen LogP contribution in [0.3, 0.4) is 0 Å². The molecule has 2 N–H and O–H groups in total. The van der Waals surface area contributed by atoms with E-state index in [-0.39, 0.29) is 24.2 Å². The number of amides is 1. The minimum atomic E-state index is -0.317. The van der Waals surface area contributed by atoms with Crippen LogP contribution in [0.5, 0.6) is 0 Å². The Hall–Kier alpha value is -1.42. The molecule has 98 valence electrons. The second kappa shape index (κ2) is 5.96. The maximum absolute atomic E-state index is 13.4. The van der Waals surface area contributed by atoms with Crippen LogP contribution in [0.4, 0.5) is 4.39 Å². The molecule has 1 saturated heterocycles. The molecule has 2 atom stereocenters. The maximum Gasteiger partial charge on any atom is 0.224 e. The highest BCUT2D eigenvalue weighted by Crippen LogP contribution is 2.12. The minimum absolute atomic E-state index is 0.107. The van der Waals surface area contributed by atoms with Crippen LogP contribution in [-0.4, -0.2) is 25.0 Å². The van der Waals surface area contributed by atoms with E-state index in [1.165, 1.54) is 6.07 Å². The Bertz CT molecular complexity index is 422. The van der Waals surface area contributed by atoms with Crippen LogP contribution in [0, 0.1) is 11.7 Å². The maximum atomic E-state index is 13.4. The standard InChI is InChI=1S/C14H19FN2O/c1-10-6-7-16-9-13(10)17-14(18)8-11-4-2-3-5-12(11)15/h2-5,10,13,16H,6-9H2,1H3,(H,17,18)/t10-,13-/m0/s1. The quantitative estimate of drug-likeness (QED) is 0.853. The molecule has 1 aliphatic heterocycles. The van der Waals surface area contributed by atoms with Crippen LogP contribution in [0.2, 0.25) is 0 Å². The van der Waals surface area contributed by atoms with E-state index in [9.17, 15) is 9.18 Å². The predicted octanol–water partition coefficient (Wildman–Crippen LogP) is 1.48. The molecule has 0 unspecified atom stereocenters. The Labute approximate surface area is 107 Å². The zero-order chi connectivity index (χ0) is 13.0. The molecule has 0 bridgehead atoms. The zero-order valence-corrected chi connectivity index (χ0v) is 10.6. The summed E-state index contributed by atoms with van der Waals surface area (Å²) in [7, 11) is 0. The van der Waals surface area contributed by atoms with Gasteiger partial charge in [-0.1, -0.05) is 25.1 Å². The lowest BCUT2D eigenvalue weighted by Gasteiger charge is -2.30. The first kappa shape index (κ1) is 13.0. The van der Waals surface area contributed by atoms with E-state index in [1.807, 2.05) is 0 Å². The first-order valence-electron chi connectivity index (χ1n) is 6.40. The number of piperidine rings is 1. The predicted molar refractivity (Wildman–Crippen MR) is 68.7 cm³/mol. The Morgan fingerprint density at radius 3 is 3.00 bits per heavy atom. The van der Waals surface area contributed by atoms with Crippen molar-refractivity contribution >= 4 is 5.91 Å². The number of benzene rings is 1. The molecule has 0 saturated carbocycles. The lowest BCUT2D eigenvalue weighted by atomic mass is 9.94. The van der Waals surface area contributed by atoms with Gasteiger partial charge in [0, 0.05) is 12.6 Å². The fourth-order valence-corrected chi connectivity index (χ4v) is 2.26. The average Bonchev–Trinajstić information content (AvgIpc) is 2.35. The van der Waals surface area contributed by atoms with E-state index in [0.717, 1.165) is 19.5 Å². The van der Waals surface area contributed by atoms with Crippen LogP contribution >= 0.6 is 0 Å². The van der Waals surface area contributed by atoms with Gasteiger partial charge in [-0.2, -0.15) is 0 Å². The Morgan fingerprint density at radius 1 is 1.50 bits per heavy atom. The lowest BCUT2D eigenvalue weighted by molar-refractivity contribution is -0.121. The normalized spacial score (nSPS) is 23.7. The number of halogens is 1. The largest absolute Gasteiger partial charge is 0.352 e. The molecule has 0 aliphatic carbocycles. The van der Waals surface area contributed by atoms with Crippen LogP contribution < -0.4 is 10.6 Å². The number of carbonyl (C=O) groups is 1. The SMILES string of the molecule is C[C@H]1CCNC[C@@H]1NC(=O)Cc1ccccc1F. The molecule has 2 rings (SSSR count). The van der Waals surface area contributed by atoms with Crippen molar-refractivity contribution in [1.29, 1.82) is 0 Å². The van der Waals surface area contributed by atoms with Crippen molar-refractivity contribution in [3.8, 4) is 0 Å². The third-order valence-electron chi connectivity index (χ3n) is 3.48. The van der Waals surface area contributed by atoms with Crippen molar-refractivity contribution < 1.29 is 9.18 Å². The summed E-state index contributed by atoms with van der Waals surface area (Å²) in [6.07, 6.45) is 1.17. The second-order valence-corrected chi connectivity index (χ2v) is 4.91. The number of carbonyl (C=O) groups excluding carboxylic acids is 1. The third-order valence-corrected chi connectivity index (χ3v) is 3.48. The molecule has 4 heteroatoms. The van der Waals surface area contributed by atoms with Gasteiger partial charge in [0.25, 0.3) is 0 Å². The molecule has 18 heavy (non-hydrogen) atoms. The molecular formula is C14H19FN2O. The van der Waals surface area contributed by atoms with Gasteiger partial charge in [0.05, 0.1) is 6.42 Å². The van der Waals surface area contributed by atoms with Crippen molar-refractivity contribution in [3.63, 3.8) is 0 Å². The van der Waals surface area contributed by atoms with Crippen molar-refractivity contribution in [2.45, 2.75) is 25.8 Å². The lowest BCUT2D eigenvalue weighted by Crippen LogP contribution is -2.50. The fraction of sp³-hybridized carbons (Fsp3) is 0.500. The smallest absolute Gasteiger partial charge is 0.224 e. The van der Waals surface area contributed by atoms with Crippen LogP contribution in [0.1, 0.15) is 18.9 Å². The highest BCUT2D eigenvalue weighted by molar-refractivity contribution is 5.79. The van der Waals surface area contributed by atoms with Gasteiger partial charge in [-0.3, -0.25) is 4.79 Å². The second-order valence-electron chi connectivity index (χ2n) is 4.91.